The van der Waals surface area contributed by atoms with Gasteiger partial charge < -0.3 is 28.8 Å². The molecule has 4 rings (SSSR count). The first-order valence-electron chi connectivity index (χ1n) is 12.5. The molecule has 0 radical (unpaired) electrons. The normalized spacial score (nSPS) is 13.9. The lowest BCUT2D eigenvalue weighted by Gasteiger charge is -2.27. The fourth-order valence-corrected chi connectivity index (χ4v) is 4.26. The van der Waals surface area contributed by atoms with Gasteiger partial charge in [-0.2, -0.15) is 0 Å². The summed E-state index contributed by atoms with van der Waals surface area (Å²) in [6.07, 6.45) is 4.84. The van der Waals surface area contributed by atoms with Gasteiger partial charge in [0.15, 0.2) is 5.82 Å². The molecule has 194 valence electrons. The van der Waals surface area contributed by atoms with Crippen molar-refractivity contribution in [1.29, 1.82) is 0 Å². The summed E-state index contributed by atoms with van der Waals surface area (Å²) < 4.78 is 18.0. The molecular formula is C25H34N6O5. The Kier molecular flexibility index (Phi) is 8.65. The predicted molar refractivity (Wildman–Crippen MR) is 135 cm³/mol. The van der Waals surface area contributed by atoms with Crippen LogP contribution in [0, 0.1) is 13.8 Å². The van der Waals surface area contributed by atoms with Crippen LogP contribution in [-0.4, -0.2) is 76.6 Å². The number of nitrogens with one attached hydrogen (secondary N) is 1. The summed E-state index contributed by atoms with van der Waals surface area (Å²) in [4.78, 5) is 36.8. The molecule has 0 atom stereocenters. The Morgan fingerprint density at radius 1 is 1.19 bits per heavy atom. The average Bonchev–Trinajstić information content (AvgIpc) is 3.23. The average molecular weight is 499 g/mol. The van der Waals surface area contributed by atoms with Crippen molar-refractivity contribution in [2.24, 2.45) is 0 Å². The molecular weight excluding hydrogens is 464 g/mol. The highest BCUT2D eigenvalue weighted by Gasteiger charge is 2.20. The maximum Gasteiger partial charge on any atom is 0.293 e. The molecule has 0 saturated carbocycles. The second kappa shape index (κ2) is 12.1. The van der Waals surface area contributed by atoms with Crippen LogP contribution in [0.4, 0.5) is 5.82 Å². The third kappa shape index (κ3) is 5.90. The zero-order valence-electron chi connectivity index (χ0n) is 21.2. The fraction of sp³-hybridized carbons (Fsp3) is 0.560. The summed E-state index contributed by atoms with van der Waals surface area (Å²) in [5.41, 5.74) is 3.03. The van der Waals surface area contributed by atoms with E-state index >= 15 is 0 Å². The molecule has 0 unspecified atom stereocenters. The van der Waals surface area contributed by atoms with Gasteiger partial charge in [-0.3, -0.25) is 14.6 Å². The molecule has 1 fully saturated rings. The van der Waals surface area contributed by atoms with E-state index in [0.717, 1.165) is 30.5 Å². The molecule has 1 saturated heterocycles. The minimum absolute atomic E-state index is 0.0220. The van der Waals surface area contributed by atoms with Crippen molar-refractivity contribution < 1.29 is 18.8 Å². The topological polar surface area (TPSA) is 125 Å². The Morgan fingerprint density at radius 3 is 2.72 bits per heavy atom. The maximum atomic E-state index is 13.5. The van der Waals surface area contributed by atoms with Crippen LogP contribution in [0.5, 0.6) is 0 Å². The number of aryl methyl sites for hydroxylation is 2. The lowest BCUT2D eigenvalue weighted by atomic mass is 10.1. The van der Waals surface area contributed by atoms with E-state index in [-0.39, 0.29) is 23.8 Å². The number of fused-ring (bicyclic) bond motifs is 1. The number of carbonyl (C=O) groups excluding carboxylic acids is 1. The van der Waals surface area contributed by atoms with Gasteiger partial charge in [0.1, 0.15) is 11.3 Å². The van der Waals surface area contributed by atoms with Crippen LogP contribution < -0.4 is 10.9 Å². The monoisotopic (exact) mass is 498 g/mol. The summed E-state index contributed by atoms with van der Waals surface area (Å²) in [5, 5.41) is 6.97. The number of hydrogen-bond acceptors (Lipinski definition) is 9. The van der Waals surface area contributed by atoms with Crippen LogP contribution in [-0.2, 0) is 20.8 Å². The Morgan fingerprint density at radius 2 is 2.00 bits per heavy atom. The number of hydrogen-bond donors (Lipinski definition) is 1. The van der Waals surface area contributed by atoms with E-state index in [1.165, 1.54) is 0 Å². The molecule has 1 N–H and O–H groups in total. The van der Waals surface area contributed by atoms with Gasteiger partial charge in [0, 0.05) is 26.2 Å². The van der Waals surface area contributed by atoms with Crippen LogP contribution in [0.15, 0.2) is 21.6 Å². The van der Waals surface area contributed by atoms with Crippen molar-refractivity contribution in [1.82, 2.24) is 24.6 Å². The van der Waals surface area contributed by atoms with Crippen molar-refractivity contribution in [3.05, 3.63) is 34.1 Å². The molecule has 11 heteroatoms. The van der Waals surface area contributed by atoms with Gasteiger partial charge in [-0.25, -0.2) is 4.98 Å². The Balaban J connectivity index is 1.62. The third-order valence-electron chi connectivity index (χ3n) is 6.24. The standard InChI is InChI=1S/C25H34N6O5/c1-4-5-6-10-34-13-9-31-21-14-19(23-17(2)29-36-18(23)3)26-15-20(21)28-24(25(31)33)27-16-22(32)30-7-11-35-12-8-30/h14-15H,4-13,16H2,1-3H3,(H,27,28). The minimum atomic E-state index is -0.314. The van der Waals surface area contributed by atoms with Crippen LogP contribution in [0.25, 0.3) is 22.3 Å². The van der Waals surface area contributed by atoms with Gasteiger partial charge in [-0.15, -0.1) is 0 Å². The molecule has 4 heterocycles. The lowest BCUT2D eigenvalue weighted by molar-refractivity contribution is -0.133. The quantitative estimate of drug-likeness (QED) is 0.397. The molecule has 3 aromatic rings. The SMILES string of the molecule is CCCCCOCCn1c(=O)c(NCC(=O)N2CCOCC2)nc2cnc(-c3c(C)noc3C)cc21. The van der Waals surface area contributed by atoms with Gasteiger partial charge in [0.05, 0.1) is 55.0 Å². The molecule has 0 spiro atoms. The summed E-state index contributed by atoms with van der Waals surface area (Å²) >= 11 is 0. The fourth-order valence-electron chi connectivity index (χ4n) is 4.26. The lowest BCUT2D eigenvalue weighted by Crippen LogP contribution is -2.43. The van der Waals surface area contributed by atoms with Crippen molar-refractivity contribution in [3.63, 3.8) is 0 Å². The number of carbonyl (C=O) groups is 1. The van der Waals surface area contributed by atoms with Gasteiger partial charge in [0.2, 0.25) is 5.91 Å². The zero-order valence-corrected chi connectivity index (χ0v) is 21.2. The predicted octanol–water partition coefficient (Wildman–Crippen LogP) is 2.54. The van der Waals surface area contributed by atoms with E-state index < -0.39 is 0 Å². The molecule has 0 bridgehead atoms. The van der Waals surface area contributed by atoms with E-state index in [1.807, 2.05) is 19.9 Å². The number of morpholine rings is 1. The molecule has 1 aliphatic heterocycles. The van der Waals surface area contributed by atoms with Crippen molar-refractivity contribution in [2.75, 3.05) is 51.4 Å². The van der Waals surface area contributed by atoms with Crippen molar-refractivity contribution >= 4 is 22.8 Å². The number of ether oxygens (including phenoxy) is 2. The third-order valence-corrected chi connectivity index (χ3v) is 6.24. The van der Waals surface area contributed by atoms with E-state index in [2.05, 4.69) is 27.4 Å². The zero-order chi connectivity index (χ0) is 25.5. The number of rotatable bonds is 11. The van der Waals surface area contributed by atoms with E-state index in [0.29, 0.717) is 68.5 Å². The first-order chi connectivity index (χ1) is 17.5. The molecule has 0 aliphatic carbocycles. The van der Waals surface area contributed by atoms with Crippen LogP contribution in [0.2, 0.25) is 0 Å². The second-order valence-electron chi connectivity index (χ2n) is 8.84. The van der Waals surface area contributed by atoms with E-state index in [1.54, 1.807) is 15.7 Å². The summed E-state index contributed by atoms with van der Waals surface area (Å²) in [7, 11) is 0. The van der Waals surface area contributed by atoms with Gasteiger partial charge in [-0.1, -0.05) is 24.9 Å². The smallest absolute Gasteiger partial charge is 0.293 e. The van der Waals surface area contributed by atoms with Crippen LogP contribution >= 0.6 is 0 Å². The molecule has 3 aromatic heterocycles. The molecule has 11 nitrogen and oxygen atoms in total. The summed E-state index contributed by atoms with van der Waals surface area (Å²) in [6, 6.07) is 1.83. The molecule has 0 aromatic carbocycles. The molecule has 1 aliphatic rings. The van der Waals surface area contributed by atoms with Gasteiger partial charge in [0.25, 0.3) is 5.56 Å². The first kappa shape index (κ1) is 25.8. The van der Waals surface area contributed by atoms with Crippen molar-refractivity contribution in [3.8, 4) is 11.3 Å². The number of aromatic nitrogens is 4. The number of pyridine rings is 1. The number of amides is 1. The van der Waals surface area contributed by atoms with E-state index in [4.69, 9.17) is 14.0 Å². The highest BCUT2D eigenvalue weighted by Crippen LogP contribution is 2.27. The minimum Gasteiger partial charge on any atom is -0.380 e. The van der Waals surface area contributed by atoms with Crippen LogP contribution in [0.1, 0.15) is 37.6 Å². The molecule has 1 amide bonds. The number of anilines is 1. The Hall–Kier alpha value is -3.31. The van der Waals surface area contributed by atoms with Crippen LogP contribution in [0.3, 0.4) is 0 Å². The van der Waals surface area contributed by atoms with Crippen molar-refractivity contribution in [2.45, 2.75) is 46.6 Å². The highest BCUT2D eigenvalue weighted by atomic mass is 16.5. The maximum absolute atomic E-state index is 13.5. The second-order valence-corrected chi connectivity index (χ2v) is 8.84. The largest absolute Gasteiger partial charge is 0.380 e. The number of unbranched alkanes of at least 4 members (excludes halogenated alkanes) is 2. The highest BCUT2D eigenvalue weighted by molar-refractivity contribution is 5.83. The molecule has 36 heavy (non-hydrogen) atoms. The van der Waals surface area contributed by atoms with Gasteiger partial charge >= 0.3 is 0 Å². The van der Waals surface area contributed by atoms with Gasteiger partial charge in [-0.05, 0) is 26.3 Å². The Bertz CT molecular complexity index is 1230. The van der Waals surface area contributed by atoms with E-state index in [9.17, 15) is 9.59 Å². The summed E-state index contributed by atoms with van der Waals surface area (Å²) in [6.45, 7) is 9.31. The Labute approximate surface area is 209 Å². The number of nitrogens with zero attached hydrogens (tertiary/aromatic N) is 5. The summed E-state index contributed by atoms with van der Waals surface area (Å²) in [5.74, 6) is 0.666. The first-order valence-corrected chi connectivity index (χ1v) is 12.5.